The molecule has 12 heteroatoms. The Kier molecular flexibility index (Phi) is 6.93. The van der Waals surface area contributed by atoms with Crippen LogP contribution in [0.5, 0.6) is 17.2 Å². The van der Waals surface area contributed by atoms with Gasteiger partial charge in [-0.05, 0) is 48.5 Å². The monoisotopic (exact) mass is 538 g/mol. The van der Waals surface area contributed by atoms with Crippen molar-refractivity contribution >= 4 is 38.1 Å². The van der Waals surface area contributed by atoms with Crippen LogP contribution in [-0.2, 0) is 14.8 Å². The van der Waals surface area contributed by atoms with E-state index in [9.17, 15) is 13.2 Å². The molecule has 0 saturated heterocycles. The highest BCUT2D eigenvalue weighted by Crippen LogP contribution is 2.36. The fourth-order valence-corrected chi connectivity index (χ4v) is 5.83. The van der Waals surface area contributed by atoms with Crippen LogP contribution < -0.4 is 23.8 Å². The van der Waals surface area contributed by atoms with Gasteiger partial charge in [-0.2, -0.15) is 0 Å². The van der Waals surface area contributed by atoms with Gasteiger partial charge >= 0.3 is 0 Å². The van der Waals surface area contributed by atoms with E-state index in [0.29, 0.717) is 35.5 Å². The second-order valence-electron chi connectivity index (χ2n) is 7.84. The topological polar surface area (TPSA) is 120 Å². The van der Waals surface area contributed by atoms with Crippen LogP contribution in [0.15, 0.2) is 77.7 Å². The van der Waals surface area contributed by atoms with Crippen LogP contribution in [0.3, 0.4) is 0 Å². The molecule has 0 spiro atoms. The molecule has 0 aliphatic carbocycles. The Hall–Kier alpha value is -4.16. The Balaban J connectivity index is 1.40. The predicted octanol–water partition coefficient (Wildman–Crippen LogP) is 3.82. The number of carbonyl (C=O) groups is 1. The number of methoxy groups -OCH3 is 1. The van der Waals surface area contributed by atoms with Gasteiger partial charge in [0.05, 0.1) is 17.7 Å². The van der Waals surface area contributed by atoms with E-state index in [1.54, 1.807) is 55.6 Å². The lowest BCUT2D eigenvalue weighted by molar-refractivity contribution is -0.114. The summed E-state index contributed by atoms with van der Waals surface area (Å²) < 4.78 is 44.5. The summed E-state index contributed by atoms with van der Waals surface area (Å²) >= 11 is 1.17. The number of fused-ring (bicyclic) bond motifs is 1. The predicted molar refractivity (Wildman–Crippen MR) is 139 cm³/mol. The van der Waals surface area contributed by atoms with Gasteiger partial charge in [0.2, 0.25) is 11.0 Å². The van der Waals surface area contributed by atoms with Gasteiger partial charge in [0.25, 0.3) is 10.0 Å². The number of amides is 1. The van der Waals surface area contributed by atoms with Crippen molar-refractivity contribution in [2.45, 2.75) is 4.90 Å². The number of sulfonamides is 1. The fraction of sp³-hybridized carbons (Fsp3) is 0.160. The van der Waals surface area contributed by atoms with Gasteiger partial charge in [0.1, 0.15) is 30.5 Å². The molecule has 37 heavy (non-hydrogen) atoms. The van der Waals surface area contributed by atoms with Crippen molar-refractivity contribution in [2.75, 3.05) is 36.5 Å². The Labute approximate surface area is 217 Å². The number of nitrogens with zero attached hydrogens (tertiary/aromatic N) is 3. The van der Waals surface area contributed by atoms with Crippen LogP contribution in [0.25, 0.3) is 10.6 Å². The molecule has 0 bridgehead atoms. The second kappa shape index (κ2) is 10.4. The average molecular weight is 539 g/mol. The molecule has 0 saturated carbocycles. The maximum Gasteiger partial charge on any atom is 0.264 e. The minimum absolute atomic E-state index is 0.0513. The highest BCUT2D eigenvalue weighted by Gasteiger charge is 2.29. The maximum absolute atomic E-state index is 13.6. The van der Waals surface area contributed by atoms with Gasteiger partial charge in [0, 0.05) is 11.6 Å². The van der Waals surface area contributed by atoms with Gasteiger partial charge in [0.15, 0.2) is 11.5 Å². The minimum Gasteiger partial charge on any atom is -0.497 e. The highest BCUT2D eigenvalue weighted by atomic mass is 32.2. The number of ether oxygens (including phenoxy) is 3. The van der Waals surface area contributed by atoms with E-state index in [1.807, 2.05) is 12.1 Å². The van der Waals surface area contributed by atoms with Crippen LogP contribution in [-0.4, -0.2) is 51.4 Å². The molecule has 4 aromatic rings. The summed E-state index contributed by atoms with van der Waals surface area (Å²) in [6.45, 7) is 0.255. The van der Waals surface area contributed by atoms with Gasteiger partial charge < -0.3 is 14.2 Å². The number of rotatable bonds is 8. The van der Waals surface area contributed by atoms with Crippen molar-refractivity contribution in [3.8, 4) is 27.8 Å². The largest absolute Gasteiger partial charge is 0.497 e. The number of anilines is 2. The molecule has 1 aromatic heterocycles. The zero-order valence-electron chi connectivity index (χ0n) is 19.7. The normalized spacial score (nSPS) is 12.6. The van der Waals surface area contributed by atoms with Crippen LogP contribution in [0.2, 0.25) is 0 Å². The fourth-order valence-electron chi connectivity index (χ4n) is 3.64. The molecule has 3 aromatic carbocycles. The summed E-state index contributed by atoms with van der Waals surface area (Å²) in [6.07, 6.45) is 0. The third-order valence-corrected chi connectivity index (χ3v) is 8.12. The van der Waals surface area contributed by atoms with E-state index in [1.165, 1.54) is 23.5 Å². The smallest absolute Gasteiger partial charge is 0.264 e. The number of aromatic nitrogens is 2. The van der Waals surface area contributed by atoms with Crippen molar-refractivity contribution in [1.82, 2.24) is 10.2 Å². The van der Waals surface area contributed by atoms with E-state index < -0.39 is 22.5 Å². The number of benzene rings is 3. The quantitative estimate of drug-likeness (QED) is 0.360. The average Bonchev–Trinajstić information content (AvgIpc) is 3.40. The molecule has 0 unspecified atom stereocenters. The molecule has 5 rings (SSSR count). The third-order valence-electron chi connectivity index (χ3n) is 5.44. The number of carbonyl (C=O) groups excluding carboxylic acids is 1. The molecule has 0 radical (unpaired) electrons. The van der Waals surface area contributed by atoms with Crippen LogP contribution in [0.4, 0.5) is 10.8 Å². The summed E-state index contributed by atoms with van der Waals surface area (Å²) in [5.41, 5.74) is 1.07. The van der Waals surface area contributed by atoms with Crippen molar-refractivity contribution in [3.05, 3.63) is 72.8 Å². The van der Waals surface area contributed by atoms with Crippen molar-refractivity contribution in [3.63, 3.8) is 0 Å². The van der Waals surface area contributed by atoms with Crippen molar-refractivity contribution in [2.24, 2.45) is 0 Å². The van der Waals surface area contributed by atoms with E-state index in [0.717, 1.165) is 9.87 Å². The van der Waals surface area contributed by atoms with Gasteiger partial charge in [-0.3, -0.25) is 14.4 Å². The Morgan fingerprint density at radius 3 is 2.46 bits per heavy atom. The van der Waals surface area contributed by atoms with Crippen molar-refractivity contribution in [1.29, 1.82) is 0 Å². The summed E-state index contributed by atoms with van der Waals surface area (Å²) in [5, 5.41) is 11.7. The van der Waals surface area contributed by atoms with Gasteiger partial charge in [-0.15, -0.1) is 10.2 Å². The Morgan fingerprint density at radius 2 is 1.73 bits per heavy atom. The standard InChI is InChI=1S/C25H22N4O6S2/c1-33-19-10-7-17(8-11-19)24-27-28-25(36-24)26-23(30)16-29(37(31,32)20-5-3-2-4-6-20)18-9-12-21-22(15-18)35-14-13-34-21/h2-12,15H,13-14,16H2,1H3,(H,26,28,30). The van der Waals surface area contributed by atoms with Crippen LogP contribution >= 0.6 is 11.3 Å². The molecule has 2 heterocycles. The minimum atomic E-state index is -4.08. The summed E-state index contributed by atoms with van der Waals surface area (Å²) in [5.74, 6) is 1.05. The van der Waals surface area contributed by atoms with Crippen LogP contribution in [0.1, 0.15) is 0 Å². The number of nitrogens with one attached hydrogen (secondary N) is 1. The zero-order chi connectivity index (χ0) is 25.8. The first-order valence-corrected chi connectivity index (χ1v) is 13.4. The SMILES string of the molecule is COc1ccc(-c2nnc(NC(=O)CN(c3ccc4c(c3)OCCO4)S(=O)(=O)c3ccccc3)s2)cc1. The summed E-state index contributed by atoms with van der Waals surface area (Å²) in [6, 6.07) is 19.9. The second-order valence-corrected chi connectivity index (χ2v) is 10.7. The molecular formula is C25H22N4O6S2. The molecule has 0 atom stereocenters. The third kappa shape index (κ3) is 5.34. The number of hydrogen-bond acceptors (Lipinski definition) is 9. The summed E-state index contributed by atoms with van der Waals surface area (Å²) in [4.78, 5) is 13.1. The molecule has 1 aliphatic heterocycles. The molecule has 10 nitrogen and oxygen atoms in total. The molecule has 1 amide bonds. The lowest BCUT2D eigenvalue weighted by atomic mass is 10.2. The van der Waals surface area contributed by atoms with Crippen molar-refractivity contribution < 1.29 is 27.4 Å². The zero-order valence-corrected chi connectivity index (χ0v) is 21.3. The van der Waals surface area contributed by atoms with Gasteiger partial charge in [-0.1, -0.05) is 29.5 Å². The molecule has 1 aliphatic rings. The van der Waals surface area contributed by atoms with E-state index in [4.69, 9.17) is 14.2 Å². The Morgan fingerprint density at radius 1 is 1.00 bits per heavy atom. The lowest BCUT2D eigenvalue weighted by Crippen LogP contribution is -2.38. The molecule has 1 N–H and O–H groups in total. The van der Waals surface area contributed by atoms with Crippen LogP contribution in [0, 0.1) is 0 Å². The maximum atomic E-state index is 13.6. The molecular weight excluding hydrogens is 516 g/mol. The van der Waals surface area contributed by atoms with E-state index >= 15 is 0 Å². The lowest BCUT2D eigenvalue weighted by Gasteiger charge is -2.26. The first kappa shape index (κ1) is 24.5. The Bertz CT molecular complexity index is 1510. The first-order chi connectivity index (χ1) is 17.9. The van der Waals surface area contributed by atoms with Gasteiger partial charge in [-0.25, -0.2) is 8.42 Å². The number of hydrogen-bond donors (Lipinski definition) is 1. The highest BCUT2D eigenvalue weighted by molar-refractivity contribution is 7.92. The summed E-state index contributed by atoms with van der Waals surface area (Å²) in [7, 11) is -2.50. The molecule has 190 valence electrons. The first-order valence-electron chi connectivity index (χ1n) is 11.2. The van der Waals surface area contributed by atoms with E-state index in [-0.39, 0.29) is 15.7 Å². The molecule has 0 fully saturated rings. The van der Waals surface area contributed by atoms with E-state index in [2.05, 4.69) is 15.5 Å².